The van der Waals surface area contributed by atoms with E-state index in [4.69, 9.17) is 10.8 Å². The Hall–Kier alpha value is -0.570. The summed E-state index contributed by atoms with van der Waals surface area (Å²) in [5, 5.41) is 9.04. The lowest BCUT2D eigenvalue weighted by molar-refractivity contribution is -0.156. The van der Waals surface area contributed by atoms with Crippen LogP contribution in [-0.4, -0.2) is 17.6 Å². The number of hydrogen-bond donors (Lipinski definition) is 2. The van der Waals surface area contributed by atoms with Crippen LogP contribution in [0, 0.1) is 29.1 Å². The molecule has 0 aromatic heterocycles. The molecule has 3 unspecified atom stereocenters. The minimum atomic E-state index is -0.658. The van der Waals surface area contributed by atoms with Crippen LogP contribution in [0.3, 0.4) is 0 Å². The highest BCUT2D eigenvalue weighted by Crippen LogP contribution is 2.70. The Morgan fingerprint density at radius 2 is 2.13 bits per heavy atom. The van der Waals surface area contributed by atoms with Gasteiger partial charge in [0.25, 0.3) is 0 Å². The van der Waals surface area contributed by atoms with E-state index in [2.05, 4.69) is 0 Å². The van der Waals surface area contributed by atoms with E-state index in [0.717, 1.165) is 11.8 Å². The fraction of sp³-hybridized carbons (Fsp3) is 0.917. The molecule has 3 N–H and O–H groups in total. The first-order chi connectivity index (χ1) is 7.17. The fourth-order valence-corrected chi connectivity index (χ4v) is 4.94. The summed E-state index contributed by atoms with van der Waals surface area (Å²) in [6, 6.07) is 0. The molecule has 3 nitrogen and oxygen atoms in total. The molecule has 0 amide bonds. The van der Waals surface area contributed by atoms with Gasteiger partial charge in [-0.25, -0.2) is 0 Å². The molecule has 3 aliphatic carbocycles. The number of rotatable bonds is 3. The van der Waals surface area contributed by atoms with Gasteiger partial charge in [-0.15, -0.1) is 0 Å². The molecule has 0 radical (unpaired) electrons. The average Bonchev–Trinajstić information content (AvgIpc) is 2.40. The van der Waals surface area contributed by atoms with Gasteiger partial charge in [-0.2, -0.15) is 0 Å². The minimum Gasteiger partial charge on any atom is -0.481 e. The fourth-order valence-electron chi connectivity index (χ4n) is 4.94. The van der Waals surface area contributed by atoms with Crippen molar-refractivity contribution >= 4 is 5.97 Å². The zero-order valence-electron chi connectivity index (χ0n) is 8.98. The SMILES string of the molecule is NC[C@@]1(CC(=O)O)C2CC[C@H]3CC2C1C3. The standard InChI is InChI=1S/C12H19NO2/c13-6-12(5-11(14)15)9-2-1-7-3-8(9)10(12)4-7/h7-10H,1-6,13H2,(H,14,15)/t7-,8?,9?,10?,12-/m0/s1. The second kappa shape index (κ2) is 2.97. The van der Waals surface area contributed by atoms with Crippen LogP contribution in [0.1, 0.15) is 32.1 Å². The molecule has 0 aromatic carbocycles. The summed E-state index contributed by atoms with van der Waals surface area (Å²) in [5.74, 6) is 2.32. The number of aliphatic carboxylic acids is 1. The molecule has 0 aliphatic heterocycles. The van der Waals surface area contributed by atoms with Crippen LogP contribution in [0.4, 0.5) is 0 Å². The third-order valence-electron chi connectivity index (χ3n) is 5.45. The predicted octanol–water partition coefficient (Wildman–Crippen LogP) is 1.47. The maximum absolute atomic E-state index is 11.0. The lowest BCUT2D eigenvalue weighted by atomic mass is 9.45. The third kappa shape index (κ3) is 1.07. The number of carbonyl (C=O) groups is 1. The summed E-state index contributed by atoms with van der Waals surface area (Å²) >= 11 is 0. The summed E-state index contributed by atoms with van der Waals surface area (Å²) in [6.45, 7) is 0.581. The van der Waals surface area contributed by atoms with Gasteiger partial charge in [0.2, 0.25) is 0 Å². The largest absolute Gasteiger partial charge is 0.481 e. The van der Waals surface area contributed by atoms with E-state index in [1.807, 2.05) is 0 Å². The van der Waals surface area contributed by atoms with Gasteiger partial charge in [0.15, 0.2) is 0 Å². The number of fused-ring (bicyclic) bond motifs is 1. The Morgan fingerprint density at radius 1 is 1.33 bits per heavy atom. The lowest BCUT2D eigenvalue weighted by Gasteiger charge is -2.59. The van der Waals surface area contributed by atoms with Gasteiger partial charge in [-0.3, -0.25) is 4.79 Å². The average molecular weight is 209 g/mol. The van der Waals surface area contributed by atoms with Crippen LogP contribution in [0.2, 0.25) is 0 Å². The highest BCUT2D eigenvalue weighted by atomic mass is 16.4. The van der Waals surface area contributed by atoms with Crippen molar-refractivity contribution in [1.29, 1.82) is 0 Å². The van der Waals surface area contributed by atoms with Crippen molar-refractivity contribution < 1.29 is 9.90 Å². The topological polar surface area (TPSA) is 63.3 Å². The smallest absolute Gasteiger partial charge is 0.303 e. The van der Waals surface area contributed by atoms with Gasteiger partial charge >= 0.3 is 5.97 Å². The maximum Gasteiger partial charge on any atom is 0.303 e. The summed E-state index contributed by atoms with van der Waals surface area (Å²) < 4.78 is 0. The van der Waals surface area contributed by atoms with Crippen molar-refractivity contribution in [3.8, 4) is 0 Å². The van der Waals surface area contributed by atoms with E-state index in [-0.39, 0.29) is 5.41 Å². The first-order valence-electron chi connectivity index (χ1n) is 6.09. The van der Waals surface area contributed by atoms with Crippen molar-refractivity contribution in [2.45, 2.75) is 32.1 Å². The van der Waals surface area contributed by atoms with Gasteiger partial charge in [-0.1, -0.05) is 6.42 Å². The molecule has 3 rings (SSSR count). The summed E-state index contributed by atoms with van der Waals surface area (Å²) in [6.07, 6.45) is 5.47. The first-order valence-corrected chi connectivity index (χ1v) is 6.09. The summed E-state index contributed by atoms with van der Waals surface area (Å²) in [7, 11) is 0. The van der Waals surface area contributed by atoms with Crippen LogP contribution in [0.5, 0.6) is 0 Å². The van der Waals surface area contributed by atoms with Crippen LogP contribution in [0.25, 0.3) is 0 Å². The third-order valence-corrected chi connectivity index (χ3v) is 5.45. The number of hydrogen-bond acceptors (Lipinski definition) is 2. The van der Waals surface area contributed by atoms with Gasteiger partial charge in [0.05, 0.1) is 6.42 Å². The molecule has 0 spiro atoms. The van der Waals surface area contributed by atoms with Gasteiger partial charge in [0, 0.05) is 0 Å². The number of nitrogens with two attached hydrogens (primary N) is 1. The lowest BCUT2D eigenvalue weighted by Crippen LogP contribution is -2.59. The Kier molecular flexibility index (Phi) is 1.91. The summed E-state index contributed by atoms with van der Waals surface area (Å²) in [5.41, 5.74) is 5.87. The van der Waals surface area contributed by atoms with Crippen molar-refractivity contribution in [3.63, 3.8) is 0 Å². The molecule has 0 aromatic rings. The van der Waals surface area contributed by atoms with E-state index in [1.165, 1.54) is 25.7 Å². The van der Waals surface area contributed by atoms with Crippen molar-refractivity contribution in [1.82, 2.24) is 0 Å². The number of carboxylic acid groups (broad SMARTS) is 1. The van der Waals surface area contributed by atoms with Crippen molar-refractivity contribution in [2.75, 3.05) is 6.54 Å². The van der Waals surface area contributed by atoms with Crippen molar-refractivity contribution in [2.24, 2.45) is 34.8 Å². The Bertz CT molecular complexity index is 296. The molecular weight excluding hydrogens is 190 g/mol. The van der Waals surface area contributed by atoms with E-state index in [1.54, 1.807) is 0 Å². The Labute approximate surface area is 90.0 Å². The molecule has 0 saturated heterocycles. The molecule has 3 fully saturated rings. The molecule has 3 saturated carbocycles. The highest BCUT2D eigenvalue weighted by Gasteiger charge is 2.65. The molecule has 0 heterocycles. The summed E-state index contributed by atoms with van der Waals surface area (Å²) in [4.78, 5) is 11.0. The maximum atomic E-state index is 11.0. The van der Waals surface area contributed by atoms with Crippen LogP contribution in [-0.2, 0) is 4.79 Å². The van der Waals surface area contributed by atoms with Gasteiger partial charge < -0.3 is 10.8 Å². The van der Waals surface area contributed by atoms with E-state index in [9.17, 15) is 4.79 Å². The normalized spacial score (nSPS) is 51.3. The molecule has 5 atom stereocenters. The van der Waals surface area contributed by atoms with Crippen LogP contribution in [0.15, 0.2) is 0 Å². The van der Waals surface area contributed by atoms with Crippen LogP contribution < -0.4 is 5.73 Å². The van der Waals surface area contributed by atoms with Crippen molar-refractivity contribution in [3.05, 3.63) is 0 Å². The molecule has 2 bridgehead atoms. The highest BCUT2D eigenvalue weighted by molar-refractivity contribution is 5.68. The van der Waals surface area contributed by atoms with E-state index >= 15 is 0 Å². The molecule has 84 valence electrons. The van der Waals surface area contributed by atoms with E-state index < -0.39 is 5.97 Å². The second-order valence-corrected chi connectivity index (χ2v) is 5.80. The van der Waals surface area contributed by atoms with Crippen LogP contribution >= 0.6 is 0 Å². The Balaban J connectivity index is 1.88. The molecule has 3 aliphatic rings. The van der Waals surface area contributed by atoms with E-state index in [0.29, 0.717) is 24.8 Å². The van der Waals surface area contributed by atoms with Gasteiger partial charge in [-0.05, 0) is 54.9 Å². The predicted molar refractivity (Wildman–Crippen MR) is 56.2 cm³/mol. The first kappa shape index (κ1) is 9.64. The molecule has 15 heavy (non-hydrogen) atoms. The monoisotopic (exact) mass is 209 g/mol. The quantitative estimate of drug-likeness (QED) is 0.740. The van der Waals surface area contributed by atoms with Gasteiger partial charge in [0.1, 0.15) is 0 Å². The Morgan fingerprint density at radius 3 is 2.80 bits per heavy atom. The zero-order valence-corrected chi connectivity index (χ0v) is 8.98. The minimum absolute atomic E-state index is 0.0260. The zero-order chi connectivity index (χ0) is 10.6. The number of carboxylic acids is 1. The molecular formula is C12H19NO2. The second-order valence-electron chi connectivity index (χ2n) is 5.80. The molecule has 3 heteroatoms.